The van der Waals surface area contributed by atoms with Crippen molar-refractivity contribution in [2.45, 2.75) is 39.7 Å². The number of carbonyl (C=O) groups is 1. The third-order valence-electron chi connectivity index (χ3n) is 2.84. The number of rotatable bonds is 0. The average Bonchev–Trinajstić information content (AvgIpc) is 2.24. The van der Waals surface area contributed by atoms with Crippen molar-refractivity contribution in [3.05, 3.63) is 22.3 Å². The molecule has 0 saturated heterocycles. The van der Waals surface area contributed by atoms with Gasteiger partial charge in [0, 0.05) is 17.2 Å². The first-order valence-corrected chi connectivity index (χ1v) is 7.20. The van der Waals surface area contributed by atoms with Gasteiger partial charge in [0.05, 0.1) is 0 Å². The van der Waals surface area contributed by atoms with E-state index in [1.807, 2.05) is 26.8 Å². The van der Waals surface area contributed by atoms with Crippen LogP contribution in [0.4, 0.5) is 10.6 Å². The van der Waals surface area contributed by atoms with Gasteiger partial charge in [0.15, 0.2) is 0 Å². The summed E-state index contributed by atoms with van der Waals surface area (Å²) in [4.78, 5) is 18.3. The Balaban J connectivity index is 2.30. The second-order valence-corrected chi connectivity index (χ2v) is 6.95. The summed E-state index contributed by atoms with van der Waals surface area (Å²) in [7, 11) is 0. The minimum atomic E-state index is -0.493. The number of aromatic nitrogens is 1. The SMILES string of the molecule is CC1Cc2cc(Br)cnc2N(C(=O)OC(C)(C)C)C1. The minimum absolute atomic E-state index is 0.324. The molecular weight excluding hydrogens is 308 g/mol. The molecule has 0 spiro atoms. The van der Waals surface area contributed by atoms with E-state index in [1.165, 1.54) is 0 Å². The van der Waals surface area contributed by atoms with E-state index in [2.05, 4.69) is 27.8 Å². The molecular formula is C14H19BrN2O2. The molecule has 1 aromatic rings. The van der Waals surface area contributed by atoms with Crippen LogP contribution in [0.1, 0.15) is 33.3 Å². The fraction of sp³-hybridized carbons (Fsp3) is 0.571. The number of halogens is 1. The number of hydrogen-bond acceptors (Lipinski definition) is 3. The molecule has 2 heterocycles. The Labute approximate surface area is 122 Å². The molecule has 4 nitrogen and oxygen atoms in total. The zero-order valence-electron chi connectivity index (χ0n) is 11.7. The predicted octanol–water partition coefficient (Wildman–Crippen LogP) is 3.78. The number of fused-ring (bicyclic) bond motifs is 1. The Kier molecular flexibility index (Phi) is 3.85. The van der Waals surface area contributed by atoms with Crippen molar-refractivity contribution in [1.29, 1.82) is 0 Å². The molecule has 104 valence electrons. The first-order valence-electron chi connectivity index (χ1n) is 6.41. The molecule has 2 rings (SSSR count). The van der Waals surface area contributed by atoms with Gasteiger partial charge in [-0.2, -0.15) is 0 Å². The third-order valence-corrected chi connectivity index (χ3v) is 3.28. The van der Waals surface area contributed by atoms with Crippen LogP contribution in [0.15, 0.2) is 16.7 Å². The lowest BCUT2D eigenvalue weighted by molar-refractivity contribution is 0.0571. The maximum absolute atomic E-state index is 12.3. The van der Waals surface area contributed by atoms with E-state index in [4.69, 9.17) is 4.74 Å². The molecule has 1 aliphatic rings. The van der Waals surface area contributed by atoms with Gasteiger partial charge in [0.25, 0.3) is 0 Å². The standard InChI is InChI=1S/C14H19BrN2O2/c1-9-5-10-6-11(15)7-16-12(10)17(8-9)13(18)19-14(2,3)4/h6-7,9H,5,8H2,1-4H3. The topological polar surface area (TPSA) is 42.4 Å². The number of carbonyl (C=O) groups excluding carboxylic acids is 1. The van der Waals surface area contributed by atoms with Crippen LogP contribution in [-0.2, 0) is 11.2 Å². The summed E-state index contributed by atoms with van der Waals surface area (Å²) in [6.07, 6.45) is 2.32. The van der Waals surface area contributed by atoms with Crippen LogP contribution in [0.2, 0.25) is 0 Å². The summed E-state index contributed by atoms with van der Waals surface area (Å²) in [5.74, 6) is 1.12. The van der Waals surface area contributed by atoms with Gasteiger partial charge in [0.2, 0.25) is 0 Å². The predicted molar refractivity (Wildman–Crippen MR) is 78.4 cm³/mol. The molecule has 1 aliphatic heterocycles. The molecule has 1 aromatic heterocycles. The van der Waals surface area contributed by atoms with Gasteiger partial charge in [-0.25, -0.2) is 9.78 Å². The van der Waals surface area contributed by atoms with E-state index < -0.39 is 5.60 Å². The fourth-order valence-corrected chi connectivity index (χ4v) is 2.56. The van der Waals surface area contributed by atoms with Crippen molar-refractivity contribution in [3.8, 4) is 0 Å². The maximum atomic E-state index is 12.3. The van der Waals surface area contributed by atoms with Crippen LogP contribution in [0, 0.1) is 5.92 Å². The van der Waals surface area contributed by atoms with E-state index in [1.54, 1.807) is 11.1 Å². The van der Waals surface area contributed by atoms with Crippen LogP contribution in [-0.4, -0.2) is 23.2 Å². The van der Waals surface area contributed by atoms with E-state index in [0.717, 1.165) is 22.3 Å². The van der Waals surface area contributed by atoms with Crippen LogP contribution < -0.4 is 4.90 Å². The Morgan fingerprint density at radius 2 is 2.21 bits per heavy atom. The molecule has 5 heteroatoms. The smallest absolute Gasteiger partial charge is 0.416 e. The van der Waals surface area contributed by atoms with Crippen molar-refractivity contribution >= 4 is 27.8 Å². The molecule has 1 amide bonds. The molecule has 1 atom stereocenters. The van der Waals surface area contributed by atoms with Gasteiger partial charge in [-0.3, -0.25) is 4.90 Å². The van der Waals surface area contributed by atoms with Crippen LogP contribution >= 0.6 is 15.9 Å². The van der Waals surface area contributed by atoms with Crippen LogP contribution in [0.3, 0.4) is 0 Å². The minimum Gasteiger partial charge on any atom is -0.443 e. The lowest BCUT2D eigenvalue weighted by Crippen LogP contribution is -2.43. The maximum Gasteiger partial charge on any atom is 0.416 e. The van der Waals surface area contributed by atoms with Gasteiger partial charge < -0.3 is 4.74 Å². The second kappa shape index (κ2) is 5.12. The Morgan fingerprint density at radius 3 is 2.84 bits per heavy atom. The Bertz CT molecular complexity index is 497. The van der Waals surface area contributed by atoms with E-state index in [-0.39, 0.29) is 6.09 Å². The Morgan fingerprint density at radius 1 is 1.53 bits per heavy atom. The lowest BCUT2D eigenvalue weighted by atomic mass is 9.97. The highest BCUT2D eigenvalue weighted by molar-refractivity contribution is 9.10. The number of ether oxygens (including phenoxy) is 1. The number of nitrogens with zero attached hydrogens (tertiary/aromatic N) is 2. The van der Waals surface area contributed by atoms with Crippen molar-refractivity contribution < 1.29 is 9.53 Å². The quantitative estimate of drug-likeness (QED) is 0.728. The highest BCUT2D eigenvalue weighted by Crippen LogP contribution is 2.30. The average molecular weight is 327 g/mol. The lowest BCUT2D eigenvalue weighted by Gasteiger charge is -2.33. The summed E-state index contributed by atoms with van der Waals surface area (Å²) in [6, 6.07) is 2.02. The zero-order chi connectivity index (χ0) is 14.2. The van der Waals surface area contributed by atoms with E-state index in [0.29, 0.717) is 12.5 Å². The van der Waals surface area contributed by atoms with Crippen LogP contribution in [0.25, 0.3) is 0 Å². The zero-order valence-corrected chi connectivity index (χ0v) is 13.3. The van der Waals surface area contributed by atoms with Crippen molar-refractivity contribution in [2.75, 3.05) is 11.4 Å². The Hall–Kier alpha value is -1.10. The summed E-state index contributed by atoms with van der Waals surface area (Å²) < 4.78 is 6.38. The van der Waals surface area contributed by atoms with Gasteiger partial charge in [-0.05, 0) is 60.7 Å². The first kappa shape index (κ1) is 14.3. The summed E-state index contributed by atoms with van der Waals surface area (Å²) >= 11 is 3.42. The second-order valence-electron chi connectivity index (χ2n) is 6.04. The highest BCUT2D eigenvalue weighted by atomic mass is 79.9. The normalized spacial score (nSPS) is 19.0. The molecule has 0 saturated carbocycles. The first-order chi connectivity index (χ1) is 8.76. The molecule has 0 radical (unpaired) electrons. The van der Waals surface area contributed by atoms with Gasteiger partial charge >= 0.3 is 6.09 Å². The third kappa shape index (κ3) is 3.47. The largest absolute Gasteiger partial charge is 0.443 e. The van der Waals surface area contributed by atoms with Crippen molar-refractivity contribution in [1.82, 2.24) is 4.98 Å². The van der Waals surface area contributed by atoms with Crippen LogP contribution in [0.5, 0.6) is 0 Å². The van der Waals surface area contributed by atoms with E-state index >= 15 is 0 Å². The number of hydrogen-bond donors (Lipinski definition) is 0. The molecule has 0 bridgehead atoms. The fourth-order valence-electron chi connectivity index (χ4n) is 2.18. The highest BCUT2D eigenvalue weighted by Gasteiger charge is 2.31. The molecule has 1 unspecified atom stereocenters. The summed E-state index contributed by atoms with van der Waals surface area (Å²) in [5.41, 5.74) is 0.590. The van der Waals surface area contributed by atoms with E-state index in [9.17, 15) is 4.79 Å². The van der Waals surface area contributed by atoms with Crippen molar-refractivity contribution in [3.63, 3.8) is 0 Å². The molecule has 0 aliphatic carbocycles. The number of pyridine rings is 1. The molecule has 0 fully saturated rings. The van der Waals surface area contributed by atoms with Gasteiger partial charge in [-0.1, -0.05) is 6.92 Å². The molecule has 19 heavy (non-hydrogen) atoms. The summed E-state index contributed by atoms with van der Waals surface area (Å²) in [5, 5.41) is 0. The van der Waals surface area contributed by atoms with Crippen molar-refractivity contribution in [2.24, 2.45) is 5.92 Å². The number of anilines is 1. The summed E-state index contributed by atoms with van der Waals surface area (Å²) in [6.45, 7) is 8.38. The monoisotopic (exact) mass is 326 g/mol. The van der Waals surface area contributed by atoms with Gasteiger partial charge in [-0.15, -0.1) is 0 Å². The number of amides is 1. The molecule has 0 N–H and O–H groups in total. The van der Waals surface area contributed by atoms with Gasteiger partial charge in [0.1, 0.15) is 11.4 Å². The molecule has 0 aromatic carbocycles.